The van der Waals surface area contributed by atoms with Crippen molar-refractivity contribution in [3.8, 4) is 0 Å². The number of allylic oxidation sites excluding steroid dienone is 3. The molecule has 0 aromatic heterocycles. The first kappa shape index (κ1) is 23.4. The number of aliphatic carboxylic acids is 1. The van der Waals surface area contributed by atoms with Gasteiger partial charge in [-0.15, -0.1) is 0 Å². The maximum absolute atomic E-state index is 13.1. The van der Waals surface area contributed by atoms with Gasteiger partial charge in [0, 0.05) is 12.8 Å². The molecule has 6 nitrogen and oxygen atoms in total. The van der Waals surface area contributed by atoms with Crippen molar-refractivity contribution in [3.63, 3.8) is 0 Å². The second-order valence-electron chi connectivity index (χ2n) is 7.92. The average Bonchev–Trinajstić information content (AvgIpc) is 2.64. The highest BCUT2D eigenvalue weighted by atomic mass is 16.6. The highest BCUT2D eigenvalue weighted by Gasteiger charge is 2.23. The Hall–Kier alpha value is -2.89. The molecule has 1 aromatic rings. The first-order valence-electron chi connectivity index (χ1n) is 10.3. The van der Waals surface area contributed by atoms with Crippen LogP contribution in [0.25, 0.3) is 0 Å². The zero-order chi connectivity index (χ0) is 22.1. The molecule has 1 heterocycles. The summed E-state index contributed by atoms with van der Waals surface area (Å²) in [7, 11) is 0. The number of ether oxygens (including phenoxy) is 1. The predicted molar refractivity (Wildman–Crippen MR) is 117 cm³/mol. The topological polar surface area (TPSA) is 85.2 Å². The molecule has 0 saturated carbocycles. The van der Waals surface area contributed by atoms with Crippen molar-refractivity contribution in [2.75, 3.05) is 6.61 Å². The molecule has 0 radical (unpaired) electrons. The van der Waals surface area contributed by atoms with E-state index in [2.05, 4.69) is 17.3 Å². The van der Waals surface area contributed by atoms with E-state index in [1.54, 1.807) is 0 Å². The minimum atomic E-state index is -1.09. The van der Waals surface area contributed by atoms with E-state index in [9.17, 15) is 9.59 Å². The quantitative estimate of drug-likeness (QED) is 0.436. The van der Waals surface area contributed by atoms with E-state index in [4.69, 9.17) is 14.7 Å². The highest BCUT2D eigenvalue weighted by molar-refractivity contribution is 6.00. The van der Waals surface area contributed by atoms with Crippen LogP contribution in [0.15, 0.2) is 41.6 Å². The van der Waals surface area contributed by atoms with Crippen LogP contribution in [0.2, 0.25) is 0 Å². The van der Waals surface area contributed by atoms with Gasteiger partial charge in [-0.3, -0.25) is 0 Å². The second-order valence-corrected chi connectivity index (χ2v) is 7.92. The van der Waals surface area contributed by atoms with Crippen LogP contribution in [0.4, 0.5) is 0 Å². The molecule has 6 heteroatoms. The first-order valence-corrected chi connectivity index (χ1v) is 10.3. The lowest BCUT2D eigenvalue weighted by molar-refractivity contribution is -0.142. The fourth-order valence-electron chi connectivity index (χ4n) is 3.39. The molecule has 1 N–H and O–H groups in total. The van der Waals surface area contributed by atoms with Crippen LogP contribution < -0.4 is 0 Å². The van der Waals surface area contributed by atoms with Gasteiger partial charge in [-0.1, -0.05) is 54.9 Å². The van der Waals surface area contributed by atoms with Gasteiger partial charge >= 0.3 is 11.9 Å². The van der Waals surface area contributed by atoms with Gasteiger partial charge in [-0.05, 0) is 49.8 Å². The number of cyclic esters (lactones) is 1. The number of benzene rings is 1. The molecular formula is C24H31NO5. The third kappa shape index (κ3) is 7.17. The Bertz CT molecular complexity index is 851. The molecule has 1 aliphatic heterocycles. The van der Waals surface area contributed by atoms with Crippen LogP contribution in [-0.4, -0.2) is 35.5 Å². The number of carboxylic acid groups (broad SMARTS) is 1. The van der Waals surface area contributed by atoms with Gasteiger partial charge in [0.1, 0.15) is 6.10 Å². The molecule has 30 heavy (non-hydrogen) atoms. The molecule has 1 atom stereocenters. The molecule has 0 amide bonds. The Kier molecular flexibility index (Phi) is 8.84. The van der Waals surface area contributed by atoms with Crippen molar-refractivity contribution in [2.24, 2.45) is 11.1 Å². The Morgan fingerprint density at radius 1 is 1.23 bits per heavy atom. The Balaban J connectivity index is 2.46. The van der Waals surface area contributed by atoms with Crippen LogP contribution in [-0.2, 0) is 20.8 Å². The molecule has 2 rings (SSSR count). The summed E-state index contributed by atoms with van der Waals surface area (Å²) in [6, 6.07) is 3.90. The number of carboxylic acids is 1. The van der Waals surface area contributed by atoms with Crippen molar-refractivity contribution in [1.29, 1.82) is 0 Å². The van der Waals surface area contributed by atoms with Gasteiger partial charge in [0.15, 0.2) is 0 Å². The second kappa shape index (κ2) is 11.3. The summed E-state index contributed by atoms with van der Waals surface area (Å²) in [5.74, 6) is -1.24. The van der Waals surface area contributed by atoms with E-state index >= 15 is 0 Å². The van der Waals surface area contributed by atoms with E-state index in [0.717, 1.165) is 29.5 Å². The van der Waals surface area contributed by atoms with Crippen molar-refractivity contribution in [3.05, 3.63) is 58.7 Å². The van der Waals surface area contributed by atoms with Gasteiger partial charge in [0.25, 0.3) is 0 Å². The van der Waals surface area contributed by atoms with E-state index in [1.807, 2.05) is 52.0 Å². The summed E-state index contributed by atoms with van der Waals surface area (Å²) in [6.45, 7) is 7.45. The van der Waals surface area contributed by atoms with E-state index in [0.29, 0.717) is 24.1 Å². The Morgan fingerprint density at radius 2 is 1.97 bits per heavy atom. The molecule has 0 spiro atoms. The minimum absolute atomic E-state index is 0.196. The SMILES string of the molecule is Cc1cc(C)c2c(c1)CC(=NOCC(=O)O)/C=C/CC/C=C/C[C@@H](C(C)C)OC2=O. The van der Waals surface area contributed by atoms with Crippen LogP contribution in [0, 0.1) is 19.8 Å². The van der Waals surface area contributed by atoms with Gasteiger partial charge in [0.2, 0.25) is 6.61 Å². The average molecular weight is 414 g/mol. The number of fused-ring (bicyclic) bond motifs is 1. The predicted octanol–water partition coefficient (Wildman–Crippen LogP) is 4.78. The van der Waals surface area contributed by atoms with E-state index < -0.39 is 12.6 Å². The molecule has 1 aromatic carbocycles. The zero-order valence-corrected chi connectivity index (χ0v) is 18.2. The summed E-state index contributed by atoms with van der Waals surface area (Å²) in [5, 5.41) is 12.8. The number of esters is 1. The standard InChI is InChI=1S/C24H31NO5/c1-16(2)21-11-9-7-5-6-8-10-20(25-29-15-22(26)27)14-19-13-17(3)12-18(4)23(19)24(28)30-21/h7-10,12-13,16,21H,5-6,11,14-15H2,1-4H3,(H,26,27)/b9-7+,10-8+,25-20?/t21-/m0/s1. The summed E-state index contributed by atoms with van der Waals surface area (Å²) in [5.41, 5.74) is 3.74. The normalized spacial score (nSPS) is 21.4. The van der Waals surface area contributed by atoms with Crippen LogP contribution >= 0.6 is 0 Å². The zero-order valence-electron chi connectivity index (χ0n) is 18.2. The van der Waals surface area contributed by atoms with Gasteiger partial charge in [-0.25, -0.2) is 9.59 Å². The Labute approximate surface area is 178 Å². The molecule has 1 aliphatic rings. The van der Waals surface area contributed by atoms with E-state index in [1.165, 1.54) is 0 Å². The lowest BCUT2D eigenvalue weighted by atomic mass is 9.94. The third-order valence-electron chi connectivity index (χ3n) is 4.85. The number of hydrogen-bond donors (Lipinski definition) is 1. The summed E-state index contributed by atoms with van der Waals surface area (Å²) < 4.78 is 5.89. The molecule has 0 fully saturated rings. The molecule has 0 saturated heterocycles. The maximum atomic E-state index is 13.1. The lowest BCUT2D eigenvalue weighted by Gasteiger charge is -2.22. The minimum Gasteiger partial charge on any atom is -0.479 e. The van der Waals surface area contributed by atoms with Crippen LogP contribution in [0.1, 0.15) is 60.2 Å². The van der Waals surface area contributed by atoms with Crippen LogP contribution in [0.5, 0.6) is 0 Å². The molecule has 162 valence electrons. The summed E-state index contributed by atoms with van der Waals surface area (Å²) in [6.07, 6.45) is 10.4. The number of carbonyl (C=O) groups is 2. The fourth-order valence-corrected chi connectivity index (χ4v) is 3.39. The van der Waals surface area contributed by atoms with Crippen molar-refractivity contribution < 1.29 is 24.3 Å². The van der Waals surface area contributed by atoms with Gasteiger partial charge in [0.05, 0.1) is 11.3 Å². The number of hydrogen-bond acceptors (Lipinski definition) is 5. The molecule has 0 unspecified atom stereocenters. The van der Waals surface area contributed by atoms with Crippen LogP contribution in [0.3, 0.4) is 0 Å². The van der Waals surface area contributed by atoms with E-state index in [-0.39, 0.29) is 18.0 Å². The smallest absolute Gasteiger partial charge is 0.344 e. The lowest BCUT2D eigenvalue weighted by Crippen LogP contribution is -2.25. The third-order valence-corrected chi connectivity index (χ3v) is 4.85. The number of nitrogens with zero attached hydrogens (tertiary/aromatic N) is 1. The molecule has 0 aliphatic carbocycles. The highest BCUT2D eigenvalue weighted by Crippen LogP contribution is 2.23. The van der Waals surface area contributed by atoms with Crippen molar-refractivity contribution in [2.45, 2.75) is 59.5 Å². The molecule has 0 bridgehead atoms. The maximum Gasteiger partial charge on any atom is 0.344 e. The summed E-state index contributed by atoms with van der Waals surface area (Å²) in [4.78, 5) is 28.8. The van der Waals surface area contributed by atoms with Crippen molar-refractivity contribution >= 4 is 17.7 Å². The van der Waals surface area contributed by atoms with Gasteiger partial charge < -0.3 is 14.7 Å². The van der Waals surface area contributed by atoms with Crippen molar-refractivity contribution in [1.82, 2.24) is 0 Å². The Morgan fingerprint density at radius 3 is 2.67 bits per heavy atom. The number of aryl methyl sites for hydroxylation is 2. The largest absolute Gasteiger partial charge is 0.479 e. The summed E-state index contributed by atoms with van der Waals surface area (Å²) >= 11 is 0. The number of rotatable bonds is 4. The molecular weight excluding hydrogens is 382 g/mol. The first-order chi connectivity index (χ1) is 14.3. The number of carbonyl (C=O) groups excluding carboxylic acids is 1. The fraction of sp³-hybridized carbons (Fsp3) is 0.458. The van der Waals surface area contributed by atoms with Gasteiger partial charge in [-0.2, -0.15) is 0 Å². The number of oxime groups is 1. The monoisotopic (exact) mass is 413 g/mol.